The van der Waals surface area contributed by atoms with Crippen LogP contribution in [0.4, 0.5) is 4.39 Å². The predicted octanol–water partition coefficient (Wildman–Crippen LogP) is 4.41. The standard InChI is InChI=1S/C23H26FN3O/c1-16-13-18(9-10-21(16)24)20(17-7-8-17)14-23(28)25-11-4-6-22-26-15-19-5-2-3-12-27(19)22/h2-3,5,9-10,12-13,15,17,20H,4,6-8,11,14H2,1H3,(H,25,28). The lowest BCUT2D eigenvalue weighted by Gasteiger charge is -2.17. The van der Waals surface area contributed by atoms with Crippen molar-refractivity contribution in [3.8, 4) is 0 Å². The van der Waals surface area contributed by atoms with Gasteiger partial charge in [-0.3, -0.25) is 4.79 Å². The molecule has 0 radical (unpaired) electrons. The van der Waals surface area contributed by atoms with Crippen molar-refractivity contribution in [1.82, 2.24) is 14.7 Å². The Morgan fingerprint density at radius 3 is 2.96 bits per heavy atom. The Kier molecular flexibility index (Phi) is 5.42. The molecule has 0 saturated heterocycles. The highest BCUT2D eigenvalue weighted by atomic mass is 19.1. The fraction of sp³-hybridized carbons (Fsp3) is 0.391. The molecule has 1 unspecified atom stereocenters. The maximum atomic E-state index is 13.6. The molecule has 4 rings (SSSR count). The summed E-state index contributed by atoms with van der Waals surface area (Å²) < 4.78 is 15.7. The Bertz CT molecular complexity index is 977. The first-order valence-corrected chi connectivity index (χ1v) is 10.1. The molecule has 0 aliphatic heterocycles. The van der Waals surface area contributed by atoms with Gasteiger partial charge in [-0.15, -0.1) is 0 Å². The van der Waals surface area contributed by atoms with Crippen molar-refractivity contribution in [2.75, 3.05) is 6.54 Å². The lowest BCUT2D eigenvalue weighted by Crippen LogP contribution is -2.27. The van der Waals surface area contributed by atoms with Gasteiger partial charge in [0.25, 0.3) is 0 Å². The molecule has 146 valence electrons. The quantitative estimate of drug-likeness (QED) is 0.589. The Morgan fingerprint density at radius 2 is 2.18 bits per heavy atom. The SMILES string of the molecule is Cc1cc(C(CC(=O)NCCCc2ncc3ccccn23)C2CC2)ccc1F. The number of imidazole rings is 1. The van der Waals surface area contributed by atoms with Crippen molar-refractivity contribution in [3.63, 3.8) is 0 Å². The summed E-state index contributed by atoms with van der Waals surface area (Å²) in [5.74, 6) is 1.64. The minimum atomic E-state index is -0.186. The second-order valence-corrected chi connectivity index (χ2v) is 7.78. The van der Waals surface area contributed by atoms with E-state index >= 15 is 0 Å². The Balaban J connectivity index is 1.29. The number of halogens is 1. The van der Waals surface area contributed by atoms with Gasteiger partial charge in [-0.2, -0.15) is 0 Å². The van der Waals surface area contributed by atoms with Gasteiger partial charge in [-0.25, -0.2) is 9.37 Å². The number of rotatable bonds is 8. The molecule has 4 nitrogen and oxygen atoms in total. The van der Waals surface area contributed by atoms with Crippen LogP contribution >= 0.6 is 0 Å². The number of pyridine rings is 1. The summed E-state index contributed by atoms with van der Waals surface area (Å²) in [5, 5.41) is 3.05. The Morgan fingerprint density at radius 1 is 1.32 bits per heavy atom. The molecule has 1 N–H and O–H groups in total. The fourth-order valence-corrected chi connectivity index (χ4v) is 3.88. The summed E-state index contributed by atoms with van der Waals surface area (Å²) >= 11 is 0. The maximum Gasteiger partial charge on any atom is 0.220 e. The average Bonchev–Trinajstić information content (AvgIpc) is 3.46. The number of benzene rings is 1. The molecule has 0 spiro atoms. The Hall–Kier alpha value is -2.69. The number of amides is 1. The molecule has 2 heterocycles. The van der Waals surface area contributed by atoms with Crippen LogP contribution in [0.25, 0.3) is 5.52 Å². The summed E-state index contributed by atoms with van der Waals surface area (Å²) in [5.41, 5.74) is 2.82. The lowest BCUT2D eigenvalue weighted by molar-refractivity contribution is -0.121. The van der Waals surface area contributed by atoms with E-state index < -0.39 is 0 Å². The molecule has 5 heteroatoms. The van der Waals surface area contributed by atoms with Crippen LogP contribution in [-0.4, -0.2) is 21.8 Å². The normalized spacial score (nSPS) is 14.9. The molecular weight excluding hydrogens is 353 g/mol. The van der Waals surface area contributed by atoms with Gasteiger partial charge < -0.3 is 9.72 Å². The van der Waals surface area contributed by atoms with Crippen LogP contribution in [-0.2, 0) is 11.2 Å². The van der Waals surface area contributed by atoms with Crippen molar-refractivity contribution in [3.05, 3.63) is 71.6 Å². The van der Waals surface area contributed by atoms with E-state index in [0.29, 0.717) is 24.4 Å². The summed E-state index contributed by atoms with van der Waals surface area (Å²) in [6, 6.07) is 11.3. The maximum absolute atomic E-state index is 13.6. The third-order valence-corrected chi connectivity index (χ3v) is 5.62. The number of aromatic nitrogens is 2. The number of nitrogens with zero attached hydrogens (tertiary/aromatic N) is 2. The zero-order chi connectivity index (χ0) is 19.5. The first-order chi connectivity index (χ1) is 13.6. The molecule has 2 aromatic heterocycles. The van der Waals surface area contributed by atoms with Gasteiger partial charge >= 0.3 is 0 Å². The second-order valence-electron chi connectivity index (χ2n) is 7.78. The zero-order valence-electron chi connectivity index (χ0n) is 16.2. The number of hydrogen-bond donors (Lipinski definition) is 1. The number of carbonyl (C=O) groups excluding carboxylic acids is 1. The van der Waals surface area contributed by atoms with E-state index in [9.17, 15) is 9.18 Å². The van der Waals surface area contributed by atoms with Crippen molar-refractivity contribution in [2.45, 2.75) is 44.9 Å². The largest absolute Gasteiger partial charge is 0.356 e. The van der Waals surface area contributed by atoms with E-state index in [1.165, 1.54) is 6.07 Å². The van der Waals surface area contributed by atoms with Crippen LogP contribution < -0.4 is 5.32 Å². The number of nitrogens with one attached hydrogen (secondary N) is 1. The van der Waals surface area contributed by atoms with E-state index in [1.54, 1.807) is 6.92 Å². The van der Waals surface area contributed by atoms with E-state index in [1.807, 2.05) is 42.7 Å². The lowest BCUT2D eigenvalue weighted by atomic mass is 9.89. The summed E-state index contributed by atoms with van der Waals surface area (Å²) in [4.78, 5) is 16.9. The highest BCUT2D eigenvalue weighted by Gasteiger charge is 2.33. The van der Waals surface area contributed by atoms with Crippen LogP contribution in [0.1, 0.15) is 48.6 Å². The van der Waals surface area contributed by atoms with E-state index in [4.69, 9.17) is 0 Å². The molecule has 1 aliphatic rings. The number of fused-ring (bicyclic) bond motifs is 1. The molecular formula is C23H26FN3O. The third-order valence-electron chi connectivity index (χ3n) is 5.62. The molecule has 1 aromatic carbocycles. The summed E-state index contributed by atoms with van der Waals surface area (Å²) in [7, 11) is 0. The van der Waals surface area contributed by atoms with E-state index in [0.717, 1.165) is 42.6 Å². The summed E-state index contributed by atoms with van der Waals surface area (Å²) in [6.45, 7) is 2.42. The number of aryl methyl sites for hydroxylation is 2. The van der Waals surface area contributed by atoms with Gasteiger partial charge in [-0.1, -0.05) is 18.2 Å². The molecule has 1 atom stereocenters. The van der Waals surface area contributed by atoms with Gasteiger partial charge in [0.15, 0.2) is 0 Å². The summed E-state index contributed by atoms with van der Waals surface area (Å²) in [6.07, 6.45) is 8.34. The molecule has 1 fully saturated rings. The second kappa shape index (κ2) is 8.13. The fourth-order valence-electron chi connectivity index (χ4n) is 3.88. The van der Waals surface area contributed by atoms with Crippen molar-refractivity contribution >= 4 is 11.4 Å². The van der Waals surface area contributed by atoms with Gasteiger partial charge in [0.05, 0.1) is 11.7 Å². The molecule has 1 amide bonds. The Labute approximate surface area is 164 Å². The zero-order valence-corrected chi connectivity index (χ0v) is 16.2. The smallest absolute Gasteiger partial charge is 0.220 e. The van der Waals surface area contributed by atoms with Crippen molar-refractivity contribution < 1.29 is 9.18 Å². The third kappa shape index (κ3) is 4.24. The minimum absolute atomic E-state index is 0.0758. The number of carbonyl (C=O) groups is 1. The van der Waals surface area contributed by atoms with Gasteiger partial charge in [0.2, 0.25) is 5.91 Å². The first kappa shape index (κ1) is 18.7. The van der Waals surface area contributed by atoms with Crippen molar-refractivity contribution in [1.29, 1.82) is 0 Å². The topological polar surface area (TPSA) is 46.4 Å². The predicted molar refractivity (Wildman–Crippen MR) is 108 cm³/mol. The molecule has 1 aliphatic carbocycles. The van der Waals surface area contributed by atoms with Crippen molar-refractivity contribution in [2.24, 2.45) is 5.92 Å². The average molecular weight is 379 g/mol. The van der Waals surface area contributed by atoms with E-state index in [-0.39, 0.29) is 17.6 Å². The minimum Gasteiger partial charge on any atom is -0.356 e. The number of hydrogen-bond acceptors (Lipinski definition) is 2. The molecule has 1 saturated carbocycles. The van der Waals surface area contributed by atoms with Crippen LogP contribution in [0.5, 0.6) is 0 Å². The van der Waals surface area contributed by atoms with Gasteiger partial charge in [0.1, 0.15) is 11.6 Å². The monoisotopic (exact) mass is 379 g/mol. The molecule has 3 aromatic rings. The van der Waals surface area contributed by atoms with Crippen LogP contribution in [0.2, 0.25) is 0 Å². The van der Waals surface area contributed by atoms with Crippen LogP contribution in [0.3, 0.4) is 0 Å². The highest BCUT2D eigenvalue weighted by molar-refractivity contribution is 5.77. The van der Waals surface area contributed by atoms with Crippen LogP contribution in [0.15, 0.2) is 48.8 Å². The molecule has 28 heavy (non-hydrogen) atoms. The molecule has 0 bridgehead atoms. The van der Waals surface area contributed by atoms with Gasteiger partial charge in [-0.05, 0) is 67.3 Å². The van der Waals surface area contributed by atoms with Crippen LogP contribution in [0, 0.1) is 18.7 Å². The van der Waals surface area contributed by atoms with Gasteiger partial charge in [0, 0.05) is 25.6 Å². The first-order valence-electron chi connectivity index (χ1n) is 10.1. The highest BCUT2D eigenvalue weighted by Crippen LogP contribution is 2.44. The van der Waals surface area contributed by atoms with E-state index in [2.05, 4.69) is 14.7 Å².